The second-order valence-electron chi connectivity index (χ2n) is 3.82. The summed E-state index contributed by atoms with van der Waals surface area (Å²) in [7, 11) is 0. The number of amides is 1. The highest BCUT2D eigenvalue weighted by atomic mass is 35.5. The van der Waals surface area contributed by atoms with Gasteiger partial charge in [0, 0.05) is 18.1 Å². The minimum absolute atomic E-state index is 0.222. The number of benzene rings is 1. The highest BCUT2D eigenvalue weighted by Gasteiger charge is 2.12. The van der Waals surface area contributed by atoms with Crippen molar-refractivity contribution in [3.63, 3.8) is 0 Å². The zero-order chi connectivity index (χ0) is 13.9. The molecule has 20 heavy (non-hydrogen) atoms. The van der Waals surface area contributed by atoms with E-state index in [1.54, 1.807) is 16.9 Å². The first-order valence-corrected chi connectivity index (χ1v) is 6.82. The van der Waals surface area contributed by atoms with Crippen LogP contribution in [0, 0.1) is 0 Å². The molecular weight excluding hydrogens is 298 g/mol. The van der Waals surface area contributed by atoms with Crippen LogP contribution in [-0.4, -0.2) is 25.9 Å². The molecule has 0 saturated carbocycles. The van der Waals surface area contributed by atoms with Gasteiger partial charge in [-0.2, -0.15) is 5.10 Å². The molecule has 0 aliphatic carbocycles. The van der Waals surface area contributed by atoms with E-state index in [0.29, 0.717) is 5.69 Å². The van der Waals surface area contributed by atoms with E-state index in [0.717, 1.165) is 17.0 Å². The summed E-state index contributed by atoms with van der Waals surface area (Å²) in [6.45, 7) is 0. The molecule has 3 aromatic rings. The topological polar surface area (TPSA) is 72.7 Å². The lowest BCUT2D eigenvalue weighted by atomic mass is 10.3. The van der Waals surface area contributed by atoms with Gasteiger partial charge in [-0.3, -0.25) is 4.79 Å². The van der Waals surface area contributed by atoms with Crippen molar-refractivity contribution in [2.45, 2.75) is 0 Å². The van der Waals surface area contributed by atoms with E-state index in [-0.39, 0.29) is 15.4 Å². The molecule has 1 N–H and O–H groups in total. The van der Waals surface area contributed by atoms with E-state index in [1.807, 2.05) is 30.5 Å². The van der Waals surface area contributed by atoms with Gasteiger partial charge in [-0.05, 0) is 35.9 Å². The molecule has 0 atom stereocenters. The first-order chi connectivity index (χ1) is 9.72. The van der Waals surface area contributed by atoms with Crippen LogP contribution >= 0.6 is 22.9 Å². The molecule has 1 amide bonds. The number of carbonyl (C=O) groups excluding carboxylic acids is 1. The predicted octanol–water partition coefficient (Wildman–Crippen LogP) is 2.63. The number of aromatic nitrogens is 4. The van der Waals surface area contributed by atoms with Crippen LogP contribution in [0.5, 0.6) is 0 Å². The Balaban J connectivity index is 1.81. The van der Waals surface area contributed by atoms with Gasteiger partial charge in [0.25, 0.3) is 5.91 Å². The maximum Gasteiger partial charge on any atom is 0.286 e. The largest absolute Gasteiger partial charge is 0.320 e. The van der Waals surface area contributed by atoms with Crippen molar-refractivity contribution in [3.05, 3.63) is 52.2 Å². The van der Waals surface area contributed by atoms with Gasteiger partial charge >= 0.3 is 0 Å². The van der Waals surface area contributed by atoms with Gasteiger partial charge in [-0.1, -0.05) is 17.4 Å². The monoisotopic (exact) mass is 305 g/mol. The van der Waals surface area contributed by atoms with E-state index >= 15 is 0 Å². The zero-order valence-corrected chi connectivity index (χ0v) is 11.6. The van der Waals surface area contributed by atoms with Crippen LogP contribution < -0.4 is 5.32 Å². The Labute approximate surface area is 123 Å². The molecule has 1 aromatic carbocycles. The summed E-state index contributed by atoms with van der Waals surface area (Å²) in [4.78, 5) is 11.9. The smallest absolute Gasteiger partial charge is 0.286 e. The van der Waals surface area contributed by atoms with Gasteiger partial charge in [0.05, 0.1) is 5.69 Å². The summed E-state index contributed by atoms with van der Waals surface area (Å²) in [5.41, 5.74) is 1.50. The first-order valence-electron chi connectivity index (χ1n) is 5.63. The van der Waals surface area contributed by atoms with Gasteiger partial charge in [0.15, 0.2) is 0 Å². The molecule has 0 unspecified atom stereocenters. The third-order valence-corrected chi connectivity index (χ3v) is 3.49. The number of rotatable bonds is 3. The van der Waals surface area contributed by atoms with Gasteiger partial charge in [-0.15, -0.1) is 10.2 Å². The number of carbonyl (C=O) groups is 1. The third-order valence-electron chi connectivity index (χ3n) is 2.47. The Morgan fingerprint density at radius 3 is 2.90 bits per heavy atom. The maximum atomic E-state index is 11.9. The van der Waals surface area contributed by atoms with Gasteiger partial charge in [-0.25, -0.2) is 4.68 Å². The van der Waals surface area contributed by atoms with Gasteiger partial charge in [0.1, 0.15) is 0 Å². The third kappa shape index (κ3) is 2.68. The molecule has 6 nitrogen and oxygen atoms in total. The molecule has 0 aliphatic heterocycles. The fourth-order valence-corrected chi connectivity index (χ4v) is 2.35. The predicted molar refractivity (Wildman–Crippen MR) is 76.4 cm³/mol. The van der Waals surface area contributed by atoms with E-state index in [4.69, 9.17) is 11.6 Å². The molecule has 2 heterocycles. The normalized spacial score (nSPS) is 10.4. The molecule has 3 rings (SSSR count). The molecule has 8 heteroatoms. The number of halogens is 1. The van der Waals surface area contributed by atoms with Crippen LogP contribution in [-0.2, 0) is 0 Å². The van der Waals surface area contributed by atoms with Crippen molar-refractivity contribution >= 4 is 34.5 Å². The average Bonchev–Trinajstić information content (AvgIpc) is 3.10. The maximum absolute atomic E-state index is 11.9. The van der Waals surface area contributed by atoms with Crippen molar-refractivity contribution < 1.29 is 4.79 Å². The van der Waals surface area contributed by atoms with Crippen LogP contribution in [0.2, 0.25) is 4.47 Å². The van der Waals surface area contributed by atoms with E-state index < -0.39 is 0 Å². The quantitative estimate of drug-likeness (QED) is 0.807. The van der Waals surface area contributed by atoms with Gasteiger partial charge < -0.3 is 5.32 Å². The zero-order valence-electron chi connectivity index (χ0n) is 10.0. The molecular formula is C12H8ClN5OS. The molecule has 0 bridgehead atoms. The van der Waals surface area contributed by atoms with Crippen LogP contribution in [0.4, 0.5) is 5.69 Å². The summed E-state index contributed by atoms with van der Waals surface area (Å²) in [6.07, 6.45) is 3.51. The molecule has 0 spiro atoms. The fourth-order valence-electron chi connectivity index (χ4n) is 1.63. The second-order valence-corrected chi connectivity index (χ2v) is 5.37. The lowest BCUT2D eigenvalue weighted by Gasteiger charge is -2.06. The molecule has 0 radical (unpaired) electrons. The van der Waals surface area contributed by atoms with Crippen LogP contribution in [0.1, 0.15) is 9.80 Å². The lowest BCUT2D eigenvalue weighted by molar-refractivity contribution is 0.102. The highest BCUT2D eigenvalue weighted by Crippen LogP contribution is 2.18. The highest BCUT2D eigenvalue weighted by molar-refractivity contribution is 7.17. The fraction of sp³-hybridized carbons (Fsp3) is 0. The van der Waals surface area contributed by atoms with Crippen LogP contribution in [0.15, 0.2) is 42.7 Å². The number of anilines is 1. The summed E-state index contributed by atoms with van der Waals surface area (Å²) < 4.78 is 1.94. The summed E-state index contributed by atoms with van der Waals surface area (Å²) in [5.74, 6) is -0.341. The Hall–Kier alpha value is -2.25. The number of hydrogen-bond donors (Lipinski definition) is 1. The van der Waals surface area contributed by atoms with Crippen molar-refractivity contribution in [2.75, 3.05) is 5.32 Å². The molecule has 0 saturated heterocycles. The SMILES string of the molecule is O=C(Nc1cccc(-n2cccn2)c1)c1nnc(Cl)s1. The minimum atomic E-state index is -0.341. The Kier molecular flexibility index (Phi) is 3.44. The number of nitrogens with zero attached hydrogens (tertiary/aromatic N) is 4. The van der Waals surface area contributed by atoms with Crippen molar-refractivity contribution in [1.82, 2.24) is 20.0 Å². The second kappa shape index (κ2) is 5.40. The molecule has 0 fully saturated rings. The van der Waals surface area contributed by atoms with E-state index in [1.165, 1.54) is 0 Å². The molecule has 100 valence electrons. The Morgan fingerprint density at radius 1 is 1.30 bits per heavy atom. The summed E-state index contributed by atoms with van der Waals surface area (Å²) >= 11 is 6.68. The van der Waals surface area contributed by atoms with Crippen molar-refractivity contribution in [1.29, 1.82) is 0 Å². The van der Waals surface area contributed by atoms with E-state index in [9.17, 15) is 4.79 Å². The van der Waals surface area contributed by atoms with Crippen molar-refractivity contribution in [3.8, 4) is 5.69 Å². The Morgan fingerprint density at radius 2 is 2.20 bits per heavy atom. The summed E-state index contributed by atoms with van der Waals surface area (Å²) in [5, 5.41) is 14.4. The number of nitrogens with one attached hydrogen (secondary N) is 1. The van der Waals surface area contributed by atoms with E-state index in [2.05, 4.69) is 20.6 Å². The molecule has 0 aliphatic rings. The average molecular weight is 306 g/mol. The number of hydrogen-bond acceptors (Lipinski definition) is 5. The van der Waals surface area contributed by atoms with Crippen LogP contribution in [0.3, 0.4) is 0 Å². The van der Waals surface area contributed by atoms with Crippen LogP contribution in [0.25, 0.3) is 5.69 Å². The molecule has 2 aromatic heterocycles. The first kappa shape index (κ1) is 12.8. The Bertz CT molecular complexity index is 740. The van der Waals surface area contributed by atoms with Crippen molar-refractivity contribution in [2.24, 2.45) is 0 Å². The standard InChI is InChI=1S/C12H8ClN5OS/c13-12-17-16-11(20-12)10(19)15-8-3-1-4-9(7-8)18-6-2-5-14-18/h1-7H,(H,15,19). The minimum Gasteiger partial charge on any atom is -0.320 e. The lowest BCUT2D eigenvalue weighted by Crippen LogP contribution is -2.11. The van der Waals surface area contributed by atoms with Gasteiger partial charge in [0.2, 0.25) is 9.47 Å². The summed E-state index contributed by atoms with van der Waals surface area (Å²) in [6, 6.07) is 9.15.